The second-order valence-corrected chi connectivity index (χ2v) is 6.11. The van der Waals surface area contributed by atoms with Gasteiger partial charge in [0.2, 0.25) is 0 Å². The monoisotopic (exact) mass is 314 g/mol. The summed E-state index contributed by atoms with van der Waals surface area (Å²) in [4.78, 5) is 0. The smallest absolute Gasteiger partial charge is 0.312 e. The summed E-state index contributed by atoms with van der Waals surface area (Å²) in [5.74, 6) is -3.85. The molecular weight excluding hydrogens is 282 g/mol. The van der Waals surface area contributed by atoms with Crippen molar-refractivity contribution in [2.75, 3.05) is 26.2 Å². The van der Waals surface area contributed by atoms with Gasteiger partial charge in [0.05, 0.1) is 32.6 Å². The van der Waals surface area contributed by atoms with Gasteiger partial charge in [0, 0.05) is 0 Å². The van der Waals surface area contributed by atoms with E-state index in [1.807, 2.05) is 0 Å². The van der Waals surface area contributed by atoms with Gasteiger partial charge in [-0.05, 0) is 19.3 Å². The highest BCUT2D eigenvalue weighted by atomic mass is 19.3. The quantitative estimate of drug-likeness (QED) is 0.311. The van der Waals surface area contributed by atoms with Gasteiger partial charge in [-0.3, -0.25) is 0 Å². The third kappa shape index (κ3) is 8.03. The lowest BCUT2D eigenvalue weighted by Crippen LogP contribution is -2.52. The highest BCUT2D eigenvalue weighted by Gasteiger charge is 2.43. The molecule has 0 spiro atoms. The van der Waals surface area contributed by atoms with E-state index in [9.17, 15) is 17.6 Å². The van der Waals surface area contributed by atoms with Crippen LogP contribution in [0.1, 0.15) is 65.7 Å². The van der Waals surface area contributed by atoms with Gasteiger partial charge in [-0.1, -0.05) is 40.0 Å². The van der Waals surface area contributed by atoms with Crippen molar-refractivity contribution in [3.8, 4) is 0 Å². The first kappa shape index (κ1) is 20.7. The number of hydrogen-bond donors (Lipinski definition) is 0. The van der Waals surface area contributed by atoms with Crippen LogP contribution < -0.4 is 0 Å². The van der Waals surface area contributed by atoms with Gasteiger partial charge >= 0.3 is 12.3 Å². The fourth-order valence-electron chi connectivity index (χ4n) is 2.65. The van der Waals surface area contributed by atoms with Crippen molar-refractivity contribution in [3.63, 3.8) is 0 Å². The lowest BCUT2D eigenvalue weighted by molar-refractivity contribution is -0.929. The molecule has 0 saturated heterocycles. The van der Waals surface area contributed by atoms with Crippen molar-refractivity contribution in [2.24, 2.45) is 0 Å². The van der Waals surface area contributed by atoms with Crippen molar-refractivity contribution < 1.29 is 22.0 Å². The SMILES string of the molecule is CCCC[N+](CCCC)(CCCC)CCC(F)(F)C(F)F. The summed E-state index contributed by atoms with van der Waals surface area (Å²) in [5, 5.41) is 0. The van der Waals surface area contributed by atoms with E-state index in [4.69, 9.17) is 0 Å². The second kappa shape index (κ2) is 10.4. The highest BCUT2D eigenvalue weighted by Crippen LogP contribution is 2.29. The predicted octanol–water partition coefficient (Wildman–Crippen LogP) is 5.49. The van der Waals surface area contributed by atoms with Crippen LogP contribution in [0.15, 0.2) is 0 Å². The van der Waals surface area contributed by atoms with Crippen LogP contribution in [0.5, 0.6) is 0 Å². The molecule has 0 atom stereocenters. The maximum atomic E-state index is 13.3. The third-order valence-corrected chi connectivity index (χ3v) is 4.20. The Morgan fingerprint density at radius 3 is 1.43 bits per heavy atom. The first-order chi connectivity index (χ1) is 9.83. The topological polar surface area (TPSA) is 0 Å². The molecule has 0 saturated carbocycles. The molecular formula is C16H32F4N+. The average Bonchev–Trinajstić information content (AvgIpc) is 2.45. The Balaban J connectivity index is 4.85. The van der Waals surface area contributed by atoms with Crippen LogP contribution >= 0.6 is 0 Å². The first-order valence-electron chi connectivity index (χ1n) is 8.34. The molecule has 128 valence electrons. The molecule has 0 aromatic carbocycles. The summed E-state index contributed by atoms with van der Waals surface area (Å²) < 4.78 is 51.9. The fraction of sp³-hybridized carbons (Fsp3) is 1.00. The van der Waals surface area contributed by atoms with Crippen LogP contribution in [0.2, 0.25) is 0 Å². The lowest BCUT2D eigenvalue weighted by Gasteiger charge is -2.40. The van der Waals surface area contributed by atoms with Crippen molar-refractivity contribution in [3.05, 3.63) is 0 Å². The Labute approximate surface area is 127 Å². The molecule has 0 aliphatic carbocycles. The van der Waals surface area contributed by atoms with E-state index in [0.29, 0.717) is 4.48 Å². The first-order valence-corrected chi connectivity index (χ1v) is 8.34. The van der Waals surface area contributed by atoms with E-state index in [1.54, 1.807) is 0 Å². The summed E-state index contributed by atoms with van der Waals surface area (Å²) >= 11 is 0. The molecule has 21 heavy (non-hydrogen) atoms. The summed E-state index contributed by atoms with van der Waals surface area (Å²) in [6.45, 7) is 8.87. The molecule has 0 rings (SSSR count). The maximum Gasteiger partial charge on any atom is 0.312 e. The van der Waals surface area contributed by atoms with Crippen LogP contribution in [0, 0.1) is 0 Å². The minimum absolute atomic E-state index is 0.164. The molecule has 0 aromatic rings. The fourth-order valence-corrected chi connectivity index (χ4v) is 2.65. The van der Waals surface area contributed by atoms with Crippen LogP contribution in [0.4, 0.5) is 17.6 Å². The zero-order valence-electron chi connectivity index (χ0n) is 13.8. The van der Waals surface area contributed by atoms with E-state index in [-0.39, 0.29) is 6.54 Å². The Morgan fingerprint density at radius 1 is 0.762 bits per heavy atom. The van der Waals surface area contributed by atoms with Crippen molar-refractivity contribution >= 4 is 0 Å². The van der Waals surface area contributed by atoms with Crippen LogP contribution in [-0.2, 0) is 0 Å². The molecule has 0 heterocycles. The number of alkyl halides is 4. The Bertz CT molecular complexity index is 235. The number of hydrogen-bond acceptors (Lipinski definition) is 0. The lowest BCUT2D eigenvalue weighted by atomic mass is 10.1. The highest BCUT2D eigenvalue weighted by molar-refractivity contribution is 4.69. The number of halogens is 4. The van der Waals surface area contributed by atoms with Gasteiger partial charge in [0.15, 0.2) is 0 Å². The van der Waals surface area contributed by atoms with E-state index in [1.165, 1.54) is 0 Å². The summed E-state index contributed by atoms with van der Waals surface area (Å²) in [5.41, 5.74) is 0. The molecule has 1 nitrogen and oxygen atoms in total. The van der Waals surface area contributed by atoms with Gasteiger partial charge in [-0.15, -0.1) is 0 Å². The van der Waals surface area contributed by atoms with Gasteiger partial charge in [0.25, 0.3) is 0 Å². The van der Waals surface area contributed by atoms with Gasteiger partial charge < -0.3 is 4.48 Å². The van der Waals surface area contributed by atoms with Gasteiger partial charge in [0.1, 0.15) is 0 Å². The summed E-state index contributed by atoms with van der Waals surface area (Å²) in [6.07, 6.45) is 1.65. The Kier molecular flexibility index (Phi) is 10.3. The van der Waals surface area contributed by atoms with Gasteiger partial charge in [-0.2, -0.15) is 0 Å². The van der Waals surface area contributed by atoms with Crippen molar-refractivity contribution in [1.82, 2.24) is 0 Å². The molecule has 0 amide bonds. The number of rotatable bonds is 13. The maximum absolute atomic E-state index is 13.3. The minimum atomic E-state index is -3.85. The molecule has 0 aliphatic rings. The number of nitrogens with zero attached hydrogens (tertiary/aromatic N) is 1. The van der Waals surface area contributed by atoms with E-state index >= 15 is 0 Å². The van der Waals surface area contributed by atoms with E-state index < -0.39 is 18.8 Å². The third-order valence-electron chi connectivity index (χ3n) is 4.20. The standard InChI is InChI=1S/C16H32F4N/c1-4-7-11-21(12-8-5-2,13-9-6-3)14-10-16(19,20)15(17)18/h15H,4-14H2,1-3H3/q+1. The van der Waals surface area contributed by atoms with E-state index in [0.717, 1.165) is 58.2 Å². The summed E-state index contributed by atoms with van der Waals surface area (Å²) in [6, 6.07) is 0. The largest absolute Gasteiger partial charge is 0.323 e. The van der Waals surface area contributed by atoms with Gasteiger partial charge in [-0.25, -0.2) is 17.6 Å². The Morgan fingerprint density at radius 2 is 1.14 bits per heavy atom. The molecule has 0 unspecified atom stereocenters. The Hall–Kier alpha value is -0.320. The number of unbranched alkanes of at least 4 members (excludes halogenated alkanes) is 3. The molecule has 5 heteroatoms. The van der Waals surface area contributed by atoms with Crippen LogP contribution in [0.25, 0.3) is 0 Å². The molecule has 0 fully saturated rings. The molecule has 0 aromatic heterocycles. The zero-order valence-corrected chi connectivity index (χ0v) is 13.8. The van der Waals surface area contributed by atoms with Crippen molar-refractivity contribution in [1.29, 1.82) is 0 Å². The minimum Gasteiger partial charge on any atom is -0.323 e. The zero-order chi connectivity index (χ0) is 16.4. The average molecular weight is 314 g/mol. The second-order valence-electron chi connectivity index (χ2n) is 6.11. The number of quaternary nitrogens is 1. The summed E-state index contributed by atoms with van der Waals surface area (Å²) in [7, 11) is 0. The molecule has 0 bridgehead atoms. The normalized spacial score (nSPS) is 13.1. The molecule has 0 aliphatic heterocycles. The molecule has 0 radical (unpaired) electrons. The van der Waals surface area contributed by atoms with Crippen molar-refractivity contribution in [2.45, 2.75) is 78.1 Å². The van der Waals surface area contributed by atoms with Crippen LogP contribution in [0.3, 0.4) is 0 Å². The molecule has 0 N–H and O–H groups in total. The predicted molar refractivity (Wildman–Crippen MR) is 80.0 cm³/mol. The van der Waals surface area contributed by atoms with E-state index in [2.05, 4.69) is 20.8 Å². The van der Waals surface area contributed by atoms with Crippen LogP contribution in [-0.4, -0.2) is 43.0 Å².